The maximum Gasteiger partial charge on any atom is 0.422 e. The molecule has 0 amide bonds. The van der Waals surface area contributed by atoms with E-state index in [0.29, 0.717) is 0 Å². The first-order chi connectivity index (χ1) is 6.53. The first-order valence-corrected chi connectivity index (χ1v) is 3.85. The molecule has 0 aliphatic carbocycles. The molecule has 0 saturated carbocycles. The summed E-state index contributed by atoms with van der Waals surface area (Å²) >= 11 is 0. The summed E-state index contributed by atoms with van der Waals surface area (Å²) in [6, 6.07) is 6.18. The van der Waals surface area contributed by atoms with Gasteiger partial charge in [-0.1, -0.05) is 12.1 Å². The standard InChI is InChI=1S/C9H9F3O2/c1-13-7-4-2-3-5-8(7)14-6-9(10,11)12/h2-5H,6H2,1H3. The minimum absolute atomic E-state index is 0.0901. The molecule has 78 valence electrons. The van der Waals surface area contributed by atoms with Gasteiger partial charge in [-0.25, -0.2) is 0 Å². The highest BCUT2D eigenvalue weighted by Gasteiger charge is 2.28. The Labute approximate surface area is 79.2 Å². The lowest BCUT2D eigenvalue weighted by molar-refractivity contribution is -0.153. The first kappa shape index (κ1) is 10.7. The molecule has 1 aromatic rings. The monoisotopic (exact) mass is 206 g/mol. The van der Waals surface area contributed by atoms with Crippen molar-refractivity contribution in [2.45, 2.75) is 6.18 Å². The molecule has 0 aromatic heterocycles. The van der Waals surface area contributed by atoms with Gasteiger partial charge in [0.05, 0.1) is 7.11 Å². The highest BCUT2D eigenvalue weighted by atomic mass is 19.4. The quantitative estimate of drug-likeness (QED) is 0.756. The van der Waals surface area contributed by atoms with Gasteiger partial charge in [-0.15, -0.1) is 0 Å². The van der Waals surface area contributed by atoms with Crippen LogP contribution in [-0.4, -0.2) is 19.9 Å². The molecule has 0 aliphatic heterocycles. The van der Waals surface area contributed by atoms with Gasteiger partial charge in [0.1, 0.15) is 0 Å². The lowest BCUT2D eigenvalue weighted by Crippen LogP contribution is -2.19. The summed E-state index contributed by atoms with van der Waals surface area (Å²) in [4.78, 5) is 0. The summed E-state index contributed by atoms with van der Waals surface area (Å²) < 4.78 is 44.8. The molecule has 0 aliphatic rings. The van der Waals surface area contributed by atoms with Gasteiger partial charge >= 0.3 is 6.18 Å². The van der Waals surface area contributed by atoms with Gasteiger partial charge in [0.25, 0.3) is 0 Å². The van der Waals surface area contributed by atoms with E-state index in [9.17, 15) is 13.2 Å². The normalized spacial score (nSPS) is 11.1. The molecule has 5 heteroatoms. The zero-order valence-electron chi connectivity index (χ0n) is 7.47. The van der Waals surface area contributed by atoms with Crippen LogP contribution in [0.1, 0.15) is 0 Å². The zero-order valence-corrected chi connectivity index (χ0v) is 7.47. The van der Waals surface area contributed by atoms with Gasteiger partial charge in [0, 0.05) is 0 Å². The van der Waals surface area contributed by atoms with Crippen LogP contribution in [0, 0.1) is 0 Å². The number of rotatable bonds is 3. The van der Waals surface area contributed by atoms with E-state index in [1.165, 1.54) is 19.2 Å². The average Bonchev–Trinajstić information content (AvgIpc) is 2.14. The van der Waals surface area contributed by atoms with Crippen LogP contribution in [0.2, 0.25) is 0 Å². The molecule has 0 N–H and O–H groups in total. The molecule has 14 heavy (non-hydrogen) atoms. The number of alkyl halides is 3. The van der Waals surface area contributed by atoms with Crippen molar-refractivity contribution < 1.29 is 22.6 Å². The molecule has 2 nitrogen and oxygen atoms in total. The van der Waals surface area contributed by atoms with Crippen LogP contribution in [0.3, 0.4) is 0 Å². The molecule has 0 heterocycles. The Morgan fingerprint density at radius 3 is 2.21 bits per heavy atom. The highest BCUT2D eigenvalue weighted by molar-refractivity contribution is 5.39. The molecule has 0 atom stereocenters. The third-order valence-corrected chi connectivity index (χ3v) is 1.46. The van der Waals surface area contributed by atoms with Crippen LogP contribution in [0.15, 0.2) is 24.3 Å². The summed E-state index contributed by atoms with van der Waals surface area (Å²) in [6.07, 6.45) is -4.33. The zero-order chi connectivity index (χ0) is 10.6. The van der Waals surface area contributed by atoms with Crippen molar-refractivity contribution in [3.63, 3.8) is 0 Å². The number of hydrogen-bond acceptors (Lipinski definition) is 2. The average molecular weight is 206 g/mol. The van der Waals surface area contributed by atoms with Gasteiger partial charge in [-0.3, -0.25) is 0 Å². The van der Waals surface area contributed by atoms with Gasteiger partial charge < -0.3 is 9.47 Å². The third kappa shape index (κ3) is 3.16. The number of ether oxygens (including phenoxy) is 2. The Morgan fingerprint density at radius 2 is 1.71 bits per heavy atom. The Morgan fingerprint density at radius 1 is 1.14 bits per heavy atom. The molecule has 0 fully saturated rings. The summed E-state index contributed by atoms with van der Waals surface area (Å²) in [6.45, 7) is -1.31. The molecule has 1 rings (SSSR count). The van der Waals surface area contributed by atoms with E-state index < -0.39 is 12.8 Å². The fourth-order valence-electron chi connectivity index (χ4n) is 0.898. The van der Waals surface area contributed by atoms with Crippen molar-refractivity contribution in [2.24, 2.45) is 0 Å². The number of hydrogen-bond donors (Lipinski definition) is 0. The van der Waals surface area contributed by atoms with Crippen molar-refractivity contribution in [3.8, 4) is 11.5 Å². The maximum absolute atomic E-state index is 11.8. The van der Waals surface area contributed by atoms with E-state index in [-0.39, 0.29) is 11.5 Å². The lowest BCUT2D eigenvalue weighted by Gasteiger charge is -2.11. The topological polar surface area (TPSA) is 18.5 Å². The van der Waals surface area contributed by atoms with Gasteiger partial charge in [-0.05, 0) is 12.1 Å². The number of methoxy groups -OCH3 is 1. The Balaban J connectivity index is 2.67. The summed E-state index contributed by atoms with van der Waals surface area (Å²) in [5.41, 5.74) is 0. The fourth-order valence-corrected chi connectivity index (χ4v) is 0.898. The van der Waals surface area contributed by atoms with Crippen molar-refractivity contribution in [3.05, 3.63) is 24.3 Å². The molecule has 0 saturated heterocycles. The smallest absolute Gasteiger partial charge is 0.422 e. The number of halogens is 3. The van der Waals surface area contributed by atoms with Crippen molar-refractivity contribution >= 4 is 0 Å². The van der Waals surface area contributed by atoms with Crippen LogP contribution in [0.4, 0.5) is 13.2 Å². The Hall–Kier alpha value is -1.39. The largest absolute Gasteiger partial charge is 0.493 e. The second-order valence-corrected chi connectivity index (χ2v) is 2.55. The predicted octanol–water partition coefficient (Wildman–Crippen LogP) is 2.64. The van der Waals surface area contributed by atoms with Crippen LogP contribution in [0.25, 0.3) is 0 Å². The number of benzene rings is 1. The van der Waals surface area contributed by atoms with Crippen molar-refractivity contribution in [2.75, 3.05) is 13.7 Å². The van der Waals surface area contributed by atoms with E-state index in [4.69, 9.17) is 4.74 Å². The van der Waals surface area contributed by atoms with E-state index in [1.54, 1.807) is 12.1 Å². The van der Waals surface area contributed by atoms with E-state index in [1.807, 2.05) is 0 Å². The highest BCUT2D eigenvalue weighted by Crippen LogP contribution is 2.27. The van der Waals surface area contributed by atoms with E-state index in [2.05, 4.69) is 4.74 Å². The SMILES string of the molecule is COc1ccccc1OCC(F)(F)F. The molecule has 0 spiro atoms. The Bertz CT molecular complexity index is 296. The minimum Gasteiger partial charge on any atom is -0.493 e. The van der Waals surface area contributed by atoms with Gasteiger partial charge in [0.2, 0.25) is 0 Å². The van der Waals surface area contributed by atoms with Crippen LogP contribution in [-0.2, 0) is 0 Å². The summed E-state index contributed by atoms with van der Waals surface area (Å²) in [5, 5.41) is 0. The predicted molar refractivity (Wildman–Crippen MR) is 44.5 cm³/mol. The van der Waals surface area contributed by atoms with Crippen LogP contribution < -0.4 is 9.47 Å². The van der Waals surface area contributed by atoms with Crippen LogP contribution in [0.5, 0.6) is 11.5 Å². The molecule has 0 unspecified atom stereocenters. The maximum atomic E-state index is 11.8. The van der Waals surface area contributed by atoms with Crippen LogP contribution >= 0.6 is 0 Å². The number of para-hydroxylation sites is 2. The molecular formula is C9H9F3O2. The second-order valence-electron chi connectivity index (χ2n) is 2.55. The lowest BCUT2D eigenvalue weighted by atomic mass is 10.3. The fraction of sp³-hybridized carbons (Fsp3) is 0.333. The van der Waals surface area contributed by atoms with Crippen molar-refractivity contribution in [1.29, 1.82) is 0 Å². The molecule has 1 aromatic carbocycles. The third-order valence-electron chi connectivity index (χ3n) is 1.46. The summed E-state index contributed by atoms with van der Waals surface area (Å²) in [5.74, 6) is 0.379. The second kappa shape index (κ2) is 4.21. The first-order valence-electron chi connectivity index (χ1n) is 3.85. The molecular weight excluding hydrogens is 197 g/mol. The van der Waals surface area contributed by atoms with Gasteiger partial charge in [-0.2, -0.15) is 13.2 Å². The van der Waals surface area contributed by atoms with E-state index >= 15 is 0 Å². The van der Waals surface area contributed by atoms with Crippen molar-refractivity contribution in [1.82, 2.24) is 0 Å². The summed E-state index contributed by atoms with van der Waals surface area (Å²) in [7, 11) is 1.37. The molecule has 0 radical (unpaired) electrons. The van der Waals surface area contributed by atoms with E-state index in [0.717, 1.165) is 0 Å². The Kier molecular flexibility index (Phi) is 3.22. The minimum atomic E-state index is -4.33. The molecule has 0 bridgehead atoms. The van der Waals surface area contributed by atoms with Gasteiger partial charge in [0.15, 0.2) is 18.1 Å².